The number of carbonyl (C=O) groups is 1. The van der Waals surface area contributed by atoms with Crippen molar-refractivity contribution in [3.63, 3.8) is 0 Å². The first-order chi connectivity index (χ1) is 37.1. The zero-order valence-electron chi connectivity index (χ0n) is 41.8. The number of likely N-dealkylation sites (tertiary alicyclic amines) is 2. The number of rotatable bonds is 12. The largest absolute Gasteiger partial charge is 0.367 e. The highest BCUT2D eigenvalue weighted by atomic mass is 35.5. The Labute approximate surface area is 450 Å². The molecule has 3 aliphatic rings. The van der Waals surface area contributed by atoms with Crippen LogP contribution in [0.25, 0.3) is 61.6 Å². The predicted molar refractivity (Wildman–Crippen MR) is 301 cm³/mol. The molecular weight excluding hydrogens is 992 g/mol. The van der Waals surface area contributed by atoms with E-state index in [1.165, 1.54) is 19.3 Å². The van der Waals surface area contributed by atoms with Gasteiger partial charge in [-0.3, -0.25) is 18.6 Å². The number of pyridine rings is 6. The van der Waals surface area contributed by atoms with Crippen LogP contribution in [0, 0.1) is 12.5 Å². The fraction of sp³-hybridized carbons (Fsp3) is 0.220. The number of nitrogens with one attached hydrogen (secondary N) is 2. The van der Waals surface area contributed by atoms with Crippen molar-refractivity contribution in [2.75, 3.05) is 36.8 Å². The van der Waals surface area contributed by atoms with Crippen LogP contribution in [-0.2, 0) is 11.2 Å². The summed E-state index contributed by atoms with van der Waals surface area (Å²) in [5.41, 5.74) is 11.8. The fourth-order valence-electron chi connectivity index (χ4n) is 9.58. The average molecular weight is 1050 g/mol. The lowest BCUT2D eigenvalue weighted by Crippen LogP contribution is -2.56. The average Bonchev–Trinajstić information content (AvgIpc) is 4.17. The maximum Gasteiger partial charge on any atom is 0.222 e. The van der Waals surface area contributed by atoms with Crippen LogP contribution in [0.5, 0.6) is 0 Å². The Morgan fingerprint density at radius 2 is 1.12 bits per heavy atom. The lowest BCUT2D eigenvalue weighted by atomic mass is 9.82. The van der Waals surface area contributed by atoms with Crippen molar-refractivity contribution in [2.24, 2.45) is 5.92 Å². The lowest BCUT2D eigenvalue weighted by molar-refractivity contribution is -0.134. The Bertz CT molecular complexity index is 3750. The van der Waals surface area contributed by atoms with Crippen LogP contribution in [0.15, 0.2) is 165 Å². The lowest BCUT2D eigenvalue weighted by Gasteiger charge is -2.42. The SMILES string of the molecule is C=C(c1ccccc1)N1CC(Nc2cccc(-c3cnc4ccc(Cl)cn34)n2)C1.CCC(=O)N1CC(Nc2cccc(-c3cnc4ccc(Cl)cn34)n2)C1.[C-]#[N+]c1ccc2ncc(-c3cccc(CC4CCC4)n3)n2c1. The van der Waals surface area contributed by atoms with Crippen molar-refractivity contribution in [3.8, 4) is 34.2 Å². The maximum atomic E-state index is 11.6. The van der Waals surface area contributed by atoms with Gasteiger partial charge in [-0.2, -0.15) is 0 Å². The molecule has 1 aliphatic carbocycles. The van der Waals surface area contributed by atoms with Crippen molar-refractivity contribution >= 4 is 69.1 Å². The summed E-state index contributed by atoms with van der Waals surface area (Å²) in [6.45, 7) is 16.5. The molecule has 2 saturated heterocycles. The number of benzene rings is 1. The quantitative estimate of drug-likeness (QED) is 0.114. The minimum absolute atomic E-state index is 0.197. The molecule has 2 aliphatic heterocycles. The normalized spacial score (nSPS) is 14.4. The number of hydrogen-bond donors (Lipinski definition) is 2. The minimum atomic E-state index is 0.197. The summed E-state index contributed by atoms with van der Waals surface area (Å²) < 4.78 is 5.84. The van der Waals surface area contributed by atoms with Gasteiger partial charge in [0.2, 0.25) is 11.6 Å². The highest BCUT2D eigenvalue weighted by Crippen LogP contribution is 2.31. The zero-order valence-corrected chi connectivity index (χ0v) is 43.4. The van der Waals surface area contributed by atoms with Crippen LogP contribution in [-0.4, -0.2) is 97.1 Å². The summed E-state index contributed by atoms with van der Waals surface area (Å²) in [7, 11) is 0. The van der Waals surface area contributed by atoms with E-state index in [9.17, 15) is 4.79 Å². The van der Waals surface area contributed by atoms with Crippen LogP contribution >= 0.6 is 23.2 Å². The molecule has 0 spiro atoms. The van der Waals surface area contributed by atoms with Gasteiger partial charge in [0.15, 0.2) is 0 Å². The molecule has 1 aromatic carbocycles. The second kappa shape index (κ2) is 22.1. The van der Waals surface area contributed by atoms with E-state index in [1.54, 1.807) is 12.3 Å². The van der Waals surface area contributed by atoms with Crippen LogP contribution in [0.2, 0.25) is 10.0 Å². The molecular formula is C59H54Cl2N14O. The number of anilines is 2. The van der Waals surface area contributed by atoms with Crippen molar-refractivity contribution in [1.29, 1.82) is 0 Å². The maximum absolute atomic E-state index is 11.6. The number of imidazole rings is 3. The molecule has 2 N–H and O–H groups in total. The van der Waals surface area contributed by atoms with Crippen molar-refractivity contribution in [2.45, 2.75) is 51.1 Å². The molecule has 0 bridgehead atoms. The van der Waals surface area contributed by atoms with Gasteiger partial charge in [-0.05, 0) is 84.6 Å². The van der Waals surface area contributed by atoms with Gasteiger partial charge in [0, 0.05) is 62.6 Å². The molecule has 17 heteroatoms. The first kappa shape index (κ1) is 49.6. The highest BCUT2D eigenvalue weighted by molar-refractivity contribution is 6.30. The van der Waals surface area contributed by atoms with Gasteiger partial charge >= 0.3 is 0 Å². The summed E-state index contributed by atoms with van der Waals surface area (Å²) in [5, 5.41) is 8.23. The second-order valence-corrected chi connectivity index (χ2v) is 20.1. The molecule has 0 unspecified atom stereocenters. The molecule has 10 aromatic rings. The van der Waals surface area contributed by atoms with E-state index in [0.717, 1.165) is 118 Å². The topological polar surface area (TPSA) is 143 Å². The number of halogens is 2. The van der Waals surface area contributed by atoms with E-state index in [-0.39, 0.29) is 11.9 Å². The third kappa shape index (κ3) is 11.0. The van der Waals surface area contributed by atoms with Crippen LogP contribution in [0.3, 0.4) is 0 Å². The number of carbonyl (C=O) groups excluding carboxylic acids is 1. The number of hydrogen-bond acceptors (Lipinski definition) is 10. The third-order valence-corrected chi connectivity index (χ3v) is 14.4. The zero-order chi connectivity index (χ0) is 52.1. The Kier molecular flexibility index (Phi) is 14.4. The molecule has 11 heterocycles. The smallest absolute Gasteiger partial charge is 0.222 e. The Morgan fingerprint density at radius 1 is 0.618 bits per heavy atom. The summed E-state index contributed by atoms with van der Waals surface area (Å²) in [6.07, 6.45) is 16.6. The molecule has 15 nitrogen and oxygen atoms in total. The predicted octanol–water partition coefficient (Wildman–Crippen LogP) is 12.2. The first-order valence-corrected chi connectivity index (χ1v) is 26.2. The Balaban J connectivity index is 0.000000123. The molecule has 76 heavy (non-hydrogen) atoms. The van der Waals surface area contributed by atoms with Crippen LogP contribution in [0.4, 0.5) is 17.3 Å². The minimum Gasteiger partial charge on any atom is -0.367 e. The summed E-state index contributed by atoms with van der Waals surface area (Å²) in [6, 6.07) is 40.0. The molecule has 1 saturated carbocycles. The molecule has 380 valence electrons. The number of aromatic nitrogens is 9. The van der Waals surface area contributed by atoms with Crippen molar-refractivity contribution in [1.82, 2.24) is 52.9 Å². The number of nitrogens with zero attached hydrogens (tertiary/aromatic N) is 12. The van der Waals surface area contributed by atoms with E-state index >= 15 is 0 Å². The Hall–Kier alpha value is -8.58. The van der Waals surface area contributed by atoms with Gasteiger partial charge in [0.1, 0.15) is 28.6 Å². The van der Waals surface area contributed by atoms with Gasteiger partial charge in [0.05, 0.1) is 81.5 Å². The van der Waals surface area contributed by atoms with Gasteiger partial charge in [-0.1, -0.05) is 111 Å². The van der Waals surface area contributed by atoms with E-state index in [1.807, 2.05) is 147 Å². The van der Waals surface area contributed by atoms with Gasteiger partial charge in [-0.15, -0.1) is 0 Å². The van der Waals surface area contributed by atoms with Crippen LogP contribution < -0.4 is 10.6 Å². The Morgan fingerprint density at radius 3 is 1.63 bits per heavy atom. The number of amides is 1. The van der Waals surface area contributed by atoms with Gasteiger partial charge < -0.3 is 24.8 Å². The third-order valence-electron chi connectivity index (χ3n) is 14.0. The summed E-state index contributed by atoms with van der Waals surface area (Å²) in [5.74, 6) is 2.65. The first-order valence-electron chi connectivity index (χ1n) is 25.5. The van der Waals surface area contributed by atoms with Crippen molar-refractivity contribution < 1.29 is 4.79 Å². The molecule has 0 atom stereocenters. The van der Waals surface area contributed by atoms with E-state index < -0.39 is 0 Å². The molecule has 13 rings (SSSR count). The van der Waals surface area contributed by atoms with Gasteiger partial charge in [0.25, 0.3) is 0 Å². The summed E-state index contributed by atoms with van der Waals surface area (Å²) in [4.78, 5) is 46.8. The van der Waals surface area contributed by atoms with E-state index in [4.69, 9.17) is 39.7 Å². The fourth-order valence-corrected chi connectivity index (χ4v) is 9.90. The molecule has 9 aromatic heterocycles. The van der Waals surface area contributed by atoms with E-state index in [2.05, 4.69) is 71.2 Å². The van der Waals surface area contributed by atoms with E-state index in [0.29, 0.717) is 28.2 Å². The highest BCUT2D eigenvalue weighted by Gasteiger charge is 2.30. The molecule has 1 amide bonds. The standard InChI is InChI=1S/C23H20ClN5.C18H18ClN5O.C18H16N4/c1-16(17-6-3-2-4-7-17)28-14-19(15-28)26-22-9-5-8-20(27-22)21-12-25-23-11-10-18(24)13-29(21)23;1-2-18(25)23-10-13(11-23)21-16-5-3-4-14(22-16)15-8-20-17-7-6-12(19)9-24(15)17;1-19-15-8-9-18-20-11-17(22(18)12-15)16-7-3-6-14(21-16)10-13-4-2-5-13/h2-13,19H,1,14-15H2,(H,26,27);3-9,13H,2,10-11H2,1H3,(H,21,22);3,6-9,11-13H,2,4-5,10H2. The number of fused-ring (bicyclic) bond motifs is 3. The van der Waals surface area contributed by atoms with Crippen LogP contribution in [0.1, 0.15) is 43.9 Å². The molecule has 3 fully saturated rings. The summed E-state index contributed by atoms with van der Waals surface area (Å²) >= 11 is 12.3. The molecule has 0 radical (unpaired) electrons. The van der Waals surface area contributed by atoms with Gasteiger partial charge in [-0.25, -0.2) is 29.8 Å². The second-order valence-electron chi connectivity index (χ2n) is 19.2. The monoisotopic (exact) mass is 1040 g/mol. The van der Waals surface area contributed by atoms with Crippen molar-refractivity contribution in [3.05, 3.63) is 198 Å².